The molecule has 0 radical (unpaired) electrons. The number of nitrogens with zero attached hydrogens (tertiary/aromatic N) is 1. The third-order valence-corrected chi connectivity index (χ3v) is 3.52. The van der Waals surface area contributed by atoms with Gasteiger partial charge < -0.3 is 15.0 Å². The summed E-state index contributed by atoms with van der Waals surface area (Å²) in [7, 11) is 1.54. The molecule has 6 heteroatoms. The predicted octanol–water partition coefficient (Wildman–Crippen LogP) is 2.28. The molecular weight excluding hydrogens is 320 g/mol. The van der Waals surface area contributed by atoms with Crippen molar-refractivity contribution < 1.29 is 19.1 Å². The molecule has 0 spiro atoms. The molecule has 0 aliphatic rings. The number of benzene rings is 2. The van der Waals surface area contributed by atoms with Crippen molar-refractivity contribution in [2.75, 3.05) is 25.5 Å². The minimum Gasteiger partial charge on any atom is -0.484 e. The average Bonchev–Trinajstić information content (AvgIpc) is 2.62. The Morgan fingerprint density at radius 2 is 1.72 bits per heavy atom. The van der Waals surface area contributed by atoms with Gasteiger partial charge in [0.05, 0.1) is 6.54 Å². The van der Waals surface area contributed by atoms with Crippen LogP contribution in [0.25, 0.3) is 0 Å². The molecule has 0 aromatic heterocycles. The minimum atomic E-state index is -0.321. The number of nitrogens with one attached hydrogen (secondary N) is 1. The maximum Gasteiger partial charge on any atom is 0.260 e. The largest absolute Gasteiger partial charge is 0.484 e. The smallest absolute Gasteiger partial charge is 0.260 e. The highest BCUT2D eigenvalue weighted by Gasteiger charge is 2.13. The maximum atomic E-state index is 12.0. The number of carbonyl (C=O) groups is 3. The van der Waals surface area contributed by atoms with Gasteiger partial charge >= 0.3 is 0 Å². The maximum absolute atomic E-state index is 12.0. The van der Waals surface area contributed by atoms with E-state index >= 15 is 0 Å². The van der Waals surface area contributed by atoms with Gasteiger partial charge in [-0.05, 0) is 43.3 Å². The number of rotatable bonds is 7. The zero-order chi connectivity index (χ0) is 18.2. The summed E-state index contributed by atoms with van der Waals surface area (Å²) in [6.07, 6.45) is 0.732. The fourth-order valence-corrected chi connectivity index (χ4v) is 2.04. The lowest BCUT2D eigenvalue weighted by atomic mass is 10.2. The Labute approximate surface area is 146 Å². The molecule has 25 heavy (non-hydrogen) atoms. The van der Waals surface area contributed by atoms with Crippen LogP contribution in [0.1, 0.15) is 15.9 Å². The van der Waals surface area contributed by atoms with Crippen molar-refractivity contribution in [1.82, 2.24) is 4.90 Å². The highest BCUT2D eigenvalue weighted by atomic mass is 16.5. The summed E-state index contributed by atoms with van der Waals surface area (Å²) < 4.78 is 5.36. The second-order valence-corrected chi connectivity index (χ2v) is 5.64. The van der Waals surface area contributed by atoms with E-state index < -0.39 is 0 Å². The monoisotopic (exact) mass is 340 g/mol. The summed E-state index contributed by atoms with van der Waals surface area (Å²) in [5.74, 6) is -0.120. The molecule has 0 saturated carbocycles. The Bertz CT molecular complexity index is 739. The molecule has 0 bridgehead atoms. The van der Waals surface area contributed by atoms with Gasteiger partial charge in [0.1, 0.15) is 12.0 Å². The van der Waals surface area contributed by atoms with Gasteiger partial charge in [0, 0.05) is 18.3 Å². The normalized spacial score (nSPS) is 10.0. The molecule has 1 N–H and O–H groups in total. The molecule has 6 nitrogen and oxygen atoms in total. The van der Waals surface area contributed by atoms with Gasteiger partial charge in [-0.3, -0.25) is 14.4 Å². The molecular formula is C19H20N2O4. The SMILES string of the molecule is Cc1ccc(NC(=O)CN(C)C(=O)COc2ccc(C=O)cc2)cc1. The number of anilines is 1. The Kier molecular flexibility index (Phi) is 6.28. The van der Waals surface area contributed by atoms with Gasteiger partial charge in [-0.25, -0.2) is 0 Å². The molecule has 0 aliphatic heterocycles. The molecule has 2 rings (SSSR count). The molecule has 0 saturated heterocycles. The standard InChI is InChI=1S/C19H20N2O4/c1-14-3-7-16(8-4-14)20-18(23)11-21(2)19(24)13-25-17-9-5-15(12-22)6-10-17/h3-10,12H,11,13H2,1-2H3,(H,20,23). The Morgan fingerprint density at radius 3 is 2.32 bits per heavy atom. The van der Waals surface area contributed by atoms with Gasteiger partial charge in [0.2, 0.25) is 5.91 Å². The summed E-state index contributed by atoms with van der Waals surface area (Å²) in [5.41, 5.74) is 2.31. The van der Waals surface area contributed by atoms with E-state index in [9.17, 15) is 14.4 Å². The summed E-state index contributed by atoms with van der Waals surface area (Å²) in [5, 5.41) is 2.73. The first-order valence-electron chi connectivity index (χ1n) is 7.76. The number of aryl methyl sites for hydroxylation is 1. The number of aldehydes is 1. The molecule has 2 aromatic carbocycles. The van der Waals surface area contributed by atoms with Gasteiger partial charge in [-0.2, -0.15) is 0 Å². The first-order chi connectivity index (χ1) is 12.0. The molecule has 0 fully saturated rings. The van der Waals surface area contributed by atoms with Crippen LogP contribution in [0, 0.1) is 6.92 Å². The second-order valence-electron chi connectivity index (χ2n) is 5.64. The van der Waals surface area contributed by atoms with Crippen LogP contribution >= 0.6 is 0 Å². The summed E-state index contributed by atoms with van der Waals surface area (Å²) in [4.78, 5) is 35.9. The van der Waals surface area contributed by atoms with E-state index in [1.54, 1.807) is 36.4 Å². The molecule has 130 valence electrons. The third kappa shape index (κ3) is 5.76. The third-order valence-electron chi connectivity index (χ3n) is 3.52. The second kappa shape index (κ2) is 8.63. The van der Waals surface area contributed by atoms with Gasteiger partial charge in [-0.1, -0.05) is 17.7 Å². The highest BCUT2D eigenvalue weighted by Crippen LogP contribution is 2.11. The van der Waals surface area contributed by atoms with Gasteiger partial charge in [-0.15, -0.1) is 0 Å². The number of hydrogen-bond donors (Lipinski definition) is 1. The van der Waals surface area contributed by atoms with Crippen molar-refractivity contribution in [2.24, 2.45) is 0 Å². The lowest BCUT2D eigenvalue weighted by Crippen LogP contribution is -2.37. The van der Waals surface area contributed by atoms with Crippen molar-refractivity contribution in [3.05, 3.63) is 59.7 Å². The lowest BCUT2D eigenvalue weighted by molar-refractivity contribution is -0.135. The van der Waals surface area contributed by atoms with E-state index in [0.717, 1.165) is 11.8 Å². The van der Waals surface area contributed by atoms with Crippen molar-refractivity contribution in [3.8, 4) is 5.75 Å². The number of hydrogen-bond acceptors (Lipinski definition) is 4. The molecule has 0 aliphatic carbocycles. The zero-order valence-corrected chi connectivity index (χ0v) is 14.2. The zero-order valence-electron chi connectivity index (χ0n) is 14.2. The van der Waals surface area contributed by atoms with Gasteiger partial charge in [0.15, 0.2) is 6.61 Å². The van der Waals surface area contributed by atoms with E-state index in [2.05, 4.69) is 5.32 Å². The number of likely N-dealkylation sites (N-methyl/N-ethyl adjacent to an activating group) is 1. The molecule has 0 atom stereocenters. The van der Waals surface area contributed by atoms with Crippen LogP contribution in [-0.4, -0.2) is 43.2 Å². The topological polar surface area (TPSA) is 75.7 Å². The van der Waals surface area contributed by atoms with Crippen LogP contribution in [0.3, 0.4) is 0 Å². The van der Waals surface area contributed by atoms with E-state index in [4.69, 9.17) is 4.74 Å². The predicted molar refractivity (Wildman–Crippen MR) is 94.8 cm³/mol. The molecule has 2 amide bonds. The quantitative estimate of drug-likeness (QED) is 0.785. The first kappa shape index (κ1) is 18.2. The van der Waals surface area contributed by atoms with Crippen LogP contribution in [0.5, 0.6) is 5.75 Å². The fourth-order valence-electron chi connectivity index (χ4n) is 2.04. The van der Waals surface area contributed by atoms with E-state index in [0.29, 0.717) is 17.0 Å². The Morgan fingerprint density at radius 1 is 1.08 bits per heavy atom. The van der Waals surface area contributed by atoms with Crippen LogP contribution in [-0.2, 0) is 9.59 Å². The number of amides is 2. The molecule has 0 unspecified atom stereocenters. The van der Waals surface area contributed by atoms with Crippen LogP contribution < -0.4 is 10.1 Å². The fraction of sp³-hybridized carbons (Fsp3) is 0.211. The molecule has 0 heterocycles. The van der Waals surface area contributed by atoms with Crippen molar-refractivity contribution in [1.29, 1.82) is 0 Å². The van der Waals surface area contributed by atoms with Gasteiger partial charge in [0.25, 0.3) is 5.91 Å². The van der Waals surface area contributed by atoms with Crippen LogP contribution in [0.4, 0.5) is 5.69 Å². The highest BCUT2D eigenvalue weighted by molar-refractivity contribution is 5.94. The Hall–Kier alpha value is -3.15. The lowest BCUT2D eigenvalue weighted by Gasteiger charge is -2.17. The van der Waals surface area contributed by atoms with Crippen molar-refractivity contribution in [3.63, 3.8) is 0 Å². The average molecular weight is 340 g/mol. The van der Waals surface area contributed by atoms with Crippen LogP contribution in [0.2, 0.25) is 0 Å². The number of ether oxygens (including phenoxy) is 1. The van der Waals surface area contributed by atoms with Crippen LogP contribution in [0.15, 0.2) is 48.5 Å². The number of carbonyl (C=O) groups excluding carboxylic acids is 3. The van der Waals surface area contributed by atoms with Crippen molar-refractivity contribution in [2.45, 2.75) is 6.92 Å². The summed E-state index contributed by atoms with van der Waals surface area (Å²) in [6.45, 7) is 1.71. The minimum absolute atomic E-state index is 0.0693. The van der Waals surface area contributed by atoms with E-state index in [1.807, 2.05) is 19.1 Å². The van der Waals surface area contributed by atoms with E-state index in [-0.39, 0.29) is 25.0 Å². The summed E-state index contributed by atoms with van der Waals surface area (Å²) >= 11 is 0. The van der Waals surface area contributed by atoms with E-state index in [1.165, 1.54) is 11.9 Å². The first-order valence-corrected chi connectivity index (χ1v) is 7.76. The summed E-state index contributed by atoms with van der Waals surface area (Å²) in [6, 6.07) is 13.8. The Balaban J connectivity index is 1.79. The van der Waals surface area contributed by atoms with Crippen molar-refractivity contribution >= 4 is 23.8 Å². The molecule has 2 aromatic rings.